The van der Waals surface area contributed by atoms with Crippen LogP contribution in [0.2, 0.25) is 0 Å². The topological polar surface area (TPSA) is 30.5 Å². The van der Waals surface area contributed by atoms with Crippen LogP contribution in [0.15, 0.2) is 24.3 Å². The fourth-order valence-corrected chi connectivity index (χ4v) is 1.67. The normalized spacial score (nSPS) is 11.1. The van der Waals surface area contributed by atoms with Crippen LogP contribution in [-0.4, -0.2) is 26.4 Å². The van der Waals surface area contributed by atoms with Crippen molar-refractivity contribution < 1.29 is 9.47 Å². The smallest absolute Gasteiger partial charge is 0.0720 e. The molecule has 0 heterocycles. The number of methoxy groups -OCH3 is 1. The van der Waals surface area contributed by atoms with E-state index in [1.807, 2.05) is 0 Å². The van der Waals surface area contributed by atoms with Gasteiger partial charge in [0.1, 0.15) is 0 Å². The molecule has 0 aromatic heterocycles. The summed E-state index contributed by atoms with van der Waals surface area (Å²) in [6.07, 6.45) is 0.947. The molecule has 0 fully saturated rings. The van der Waals surface area contributed by atoms with E-state index in [-0.39, 0.29) is 0 Å². The van der Waals surface area contributed by atoms with Crippen molar-refractivity contribution in [3.63, 3.8) is 0 Å². The molecule has 0 saturated carbocycles. The van der Waals surface area contributed by atoms with Crippen LogP contribution < -0.4 is 5.32 Å². The average Bonchev–Trinajstić information content (AvgIpc) is 2.37. The Labute approximate surface area is 110 Å². The van der Waals surface area contributed by atoms with E-state index in [2.05, 4.69) is 43.4 Å². The van der Waals surface area contributed by atoms with Crippen molar-refractivity contribution in [1.82, 2.24) is 5.32 Å². The molecule has 1 aromatic rings. The summed E-state index contributed by atoms with van der Waals surface area (Å²) in [6.45, 7) is 7.40. The summed E-state index contributed by atoms with van der Waals surface area (Å²) in [7, 11) is 1.72. The molecule has 0 aliphatic heterocycles. The van der Waals surface area contributed by atoms with Gasteiger partial charge in [0.25, 0.3) is 0 Å². The van der Waals surface area contributed by atoms with Gasteiger partial charge in [0, 0.05) is 32.9 Å². The third-order valence-corrected chi connectivity index (χ3v) is 2.71. The minimum Gasteiger partial charge on any atom is -0.385 e. The predicted octanol–water partition coefficient (Wildman–Crippen LogP) is 2.74. The van der Waals surface area contributed by atoms with Gasteiger partial charge in [-0.05, 0) is 17.5 Å². The molecule has 3 nitrogen and oxygen atoms in total. The Kier molecular flexibility index (Phi) is 7.65. The van der Waals surface area contributed by atoms with Crippen LogP contribution in [0.1, 0.15) is 31.4 Å². The van der Waals surface area contributed by atoms with Gasteiger partial charge in [-0.1, -0.05) is 38.1 Å². The molecule has 18 heavy (non-hydrogen) atoms. The lowest BCUT2D eigenvalue weighted by Crippen LogP contribution is -2.22. The Hall–Kier alpha value is -0.900. The van der Waals surface area contributed by atoms with Crippen LogP contribution in [-0.2, 0) is 22.6 Å². The maximum Gasteiger partial charge on any atom is 0.0720 e. The van der Waals surface area contributed by atoms with Gasteiger partial charge in [-0.3, -0.25) is 0 Å². The minimum atomic E-state index is 0.501. The first-order chi connectivity index (χ1) is 8.74. The van der Waals surface area contributed by atoms with Gasteiger partial charge >= 0.3 is 0 Å². The van der Waals surface area contributed by atoms with Crippen molar-refractivity contribution >= 4 is 0 Å². The van der Waals surface area contributed by atoms with Gasteiger partial charge in [0.2, 0.25) is 0 Å². The van der Waals surface area contributed by atoms with Crippen LogP contribution in [0.4, 0.5) is 0 Å². The second-order valence-electron chi connectivity index (χ2n) is 4.70. The second-order valence-corrected chi connectivity index (χ2v) is 4.70. The SMILES string of the molecule is COCCCOCc1ccccc1CNC(C)C. The van der Waals surface area contributed by atoms with Gasteiger partial charge in [-0.2, -0.15) is 0 Å². The number of hydrogen-bond donors (Lipinski definition) is 1. The van der Waals surface area contributed by atoms with Gasteiger partial charge in [0.05, 0.1) is 6.61 Å². The zero-order valence-corrected chi connectivity index (χ0v) is 11.7. The fourth-order valence-electron chi connectivity index (χ4n) is 1.67. The summed E-state index contributed by atoms with van der Waals surface area (Å²) < 4.78 is 10.7. The molecule has 0 unspecified atom stereocenters. The van der Waals surface area contributed by atoms with Crippen molar-refractivity contribution in [2.75, 3.05) is 20.3 Å². The molecular formula is C15H25NO2. The first-order valence-corrected chi connectivity index (χ1v) is 6.61. The van der Waals surface area contributed by atoms with E-state index in [9.17, 15) is 0 Å². The van der Waals surface area contributed by atoms with Crippen LogP contribution in [0.5, 0.6) is 0 Å². The molecule has 1 aromatic carbocycles. The van der Waals surface area contributed by atoms with Gasteiger partial charge < -0.3 is 14.8 Å². The molecule has 1 N–H and O–H groups in total. The number of benzene rings is 1. The molecule has 0 aliphatic rings. The lowest BCUT2D eigenvalue weighted by atomic mass is 10.1. The summed E-state index contributed by atoms with van der Waals surface area (Å²) in [4.78, 5) is 0. The Bertz CT molecular complexity index is 326. The lowest BCUT2D eigenvalue weighted by Gasteiger charge is -2.13. The summed E-state index contributed by atoms with van der Waals surface area (Å²) >= 11 is 0. The molecule has 0 amide bonds. The summed E-state index contributed by atoms with van der Waals surface area (Å²) in [5, 5.41) is 3.44. The zero-order chi connectivity index (χ0) is 13.2. The zero-order valence-electron chi connectivity index (χ0n) is 11.7. The van der Waals surface area contributed by atoms with Crippen LogP contribution in [0.3, 0.4) is 0 Å². The first-order valence-electron chi connectivity index (χ1n) is 6.61. The summed E-state index contributed by atoms with van der Waals surface area (Å²) in [5.41, 5.74) is 2.58. The summed E-state index contributed by atoms with van der Waals surface area (Å²) in [5.74, 6) is 0. The standard InChI is InChI=1S/C15H25NO2/c1-13(2)16-11-14-7-4-5-8-15(14)12-18-10-6-9-17-3/h4-5,7-8,13,16H,6,9-12H2,1-3H3. The molecule has 0 saturated heterocycles. The highest BCUT2D eigenvalue weighted by Gasteiger charge is 2.02. The first kappa shape index (κ1) is 15.2. The van der Waals surface area contributed by atoms with Crippen molar-refractivity contribution in [2.24, 2.45) is 0 Å². The van der Waals surface area contributed by atoms with E-state index in [1.54, 1.807) is 7.11 Å². The lowest BCUT2D eigenvalue weighted by molar-refractivity contribution is 0.0924. The maximum absolute atomic E-state index is 5.66. The van der Waals surface area contributed by atoms with Crippen LogP contribution >= 0.6 is 0 Å². The molecule has 1 rings (SSSR count). The number of ether oxygens (including phenoxy) is 2. The van der Waals surface area contributed by atoms with E-state index in [0.29, 0.717) is 12.6 Å². The summed E-state index contributed by atoms with van der Waals surface area (Å²) in [6, 6.07) is 8.93. The molecule has 0 bridgehead atoms. The molecule has 0 radical (unpaired) electrons. The predicted molar refractivity (Wildman–Crippen MR) is 74.6 cm³/mol. The maximum atomic E-state index is 5.66. The van der Waals surface area contributed by atoms with Gasteiger partial charge in [-0.25, -0.2) is 0 Å². The highest BCUT2D eigenvalue weighted by Crippen LogP contribution is 2.10. The van der Waals surface area contributed by atoms with E-state index in [1.165, 1.54) is 11.1 Å². The number of hydrogen-bond acceptors (Lipinski definition) is 3. The Balaban J connectivity index is 2.38. The average molecular weight is 251 g/mol. The molecule has 102 valence electrons. The number of nitrogens with one attached hydrogen (secondary N) is 1. The third-order valence-electron chi connectivity index (χ3n) is 2.71. The van der Waals surface area contributed by atoms with Gasteiger partial charge in [-0.15, -0.1) is 0 Å². The van der Waals surface area contributed by atoms with Crippen molar-refractivity contribution in [3.05, 3.63) is 35.4 Å². The Morgan fingerprint density at radius 2 is 1.83 bits per heavy atom. The second kappa shape index (κ2) is 9.09. The molecular weight excluding hydrogens is 226 g/mol. The van der Waals surface area contributed by atoms with E-state index in [0.717, 1.165) is 26.2 Å². The quantitative estimate of drug-likeness (QED) is 0.685. The Morgan fingerprint density at radius 1 is 1.11 bits per heavy atom. The van der Waals surface area contributed by atoms with Crippen molar-refractivity contribution in [3.8, 4) is 0 Å². The molecule has 0 spiro atoms. The molecule has 0 aliphatic carbocycles. The van der Waals surface area contributed by atoms with E-state index in [4.69, 9.17) is 9.47 Å². The Morgan fingerprint density at radius 3 is 2.50 bits per heavy atom. The monoisotopic (exact) mass is 251 g/mol. The number of rotatable bonds is 9. The van der Waals surface area contributed by atoms with Gasteiger partial charge in [0.15, 0.2) is 0 Å². The fraction of sp³-hybridized carbons (Fsp3) is 0.600. The van der Waals surface area contributed by atoms with Crippen molar-refractivity contribution in [1.29, 1.82) is 0 Å². The highest BCUT2D eigenvalue weighted by molar-refractivity contribution is 5.26. The third kappa shape index (κ3) is 6.15. The minimum absolute atomic E-state index is 0.501. The molecule has 3 heteroatoms. The van der Waals surface area contributed by atoms with E-state index >= 15 is 0 Å². The highest BCUT2D eigenvalue weighted by atomic mass is 16.5. The molecule has 0 atom stereocenters. The van der Waals surface area contributed by atoms with E-state index < -0.39 is 0 Å². The van der Waals surface area contributed by atoms with Crippen LogP contribution in [0.25, 0.3) is 0 Å². The largest absolute Gasteiger partial charge is 0.385 e. The van der Waals surface area contributed by atoms with Crippen LogP contribution in [0, 0.1) is 0 Å². The van der Waals surface area contributed by atoms with Crippen molar-refractivity contribution in [2.45, 2.75) is 39.5 Å².